The minimum atomic E-state index is -0.210. The van der Waals surface area contributed by atoms with Gasteiger partial charge in [0.15, 0.2) is 0 Å². The normalized spacial score (nSPS) is 23.2. The lowest BCUT2D eigenvalue weighted by atomic mass is 10.0. The Morgan fingerprint density at radius 3 is 3.00 bits per heavy atom. The van der Waals surface area contributed by atoms with Crippen molar-refractivity contribution in [3.8, 4) is 0 Å². The molecule has 4 heteroatoms. The van der Waals surface area contributed by atoms with E-state index in [1.807, 2.05) is 0 Å². The molecule has 0 saturated heterocycles. The highest BCUT2D eigenvalue weighted by molar-refractivity contribution is 5.82. The second kappa shape index (κ2) is 3.37. The molecule has 0 aromatic heterocycles. The summed E-state index contributed by atoms with van der Waals surface area (Å²) in [6.45, 7) is 4.23. The summed E-state index contributed by atoms with van der Waals surface area (Å²) < 4.78 is 0. The Morgan fingerprint density at radius 2 is 2.45 bits per heavy atom. The highest BCUT2D eigenvalue weighted by Crippen LogP contribution is 2.03. The van der Waals surface area contributed by atoms with E-state index < -0.39 is 0 Å². The summed E-state index contributed by atoms with van der Waals surface area (Å²) in [5.74, 6) is 0.574. The summed E-state index contributed by atoms with van der Waals surface area (Å²) in [7, 11) is 0. The standard InChI is InChI=1S/C7H13N3O/c1-5(2)3-6-4-8-10-7(11)9-6/h4-6H,3H2,1-2H3,(H2,9,10,11). The summed E-state index contributed by atoms with van der Waals surface area (Å²) in [5.41, 5.74) is 2.30. The van der Waals surface area contributed by atoms with Gasteiger partial charge >= 0.3 is 6.03 Å². The van der Waals surface area contributed by atoms with Crippen LogP contribution in [0.4, 0.5) is 4.79 Å². The molecule has 0 bridgehead atoms. The predicted octanol–water partition coefficient (Wildman–Crippen LogP) is 0.700. The number of urea groups is 1. The van der Waals surface area contributed by atoms with Crippen LogP contribution in [0.3, 0.4) is 0 Å². The average Bonchev–Trinajstić information content (AvgIpc) is 1.85. The molecule has 1 aliphatic rings. The minimum Gasteiger partial charge on any atom is -0.329 e. The first-order chi connectivity index (χ1) is 5.18. The maximum Gasteiger partial charge on any atom is 0.335 e. The molecule has 0 aromatic carbocycles. The third-order valence-corrected chi connectivity index (χ3v) is 1.46. The number of carbonyl (C=O) groups is 1. The van der Waals surface area contributed by atoms with E-state index in [0.29, 0.717) is 5.92 Å². The van der Waals surface area contributed by atoms with E-state index in [2.05, 4.69) is 29.7 Å². The first-order valence-corrected chi connectivity index (χ1v) is 3.78. The zero-order valence-corrected chi connectivity index (χ0v) is 6.79. The largest absolute Gasteiger partial charge is 0.335 e. The number of hydrogen-bond acceptors (Lipinski definition) is 2. The molecule has 1 rings (SSSR count). The van der Waals surface area contributed by atoms with E-state index in [9.17, 15) is 4.79 Å². The van der Waals surface area contributed by atoms with Crippen LogP contribution in [0.2, 0.25) is 0 Å². The summed E-state index contributed by atoms with van der Waals surface area (Å²) >= 11 is 0. The van der Waals surface area contributed by atoms with Gasteiger partial charge in [-0.15, -0.1) is 0 Å². The summed E-state index contributed by atoms with van der Waals surface area (Å²) in [6, 6.07) is -0.109. The van der Waals surface area contributed by atoms with Gasteiger partial charge in [-0.05, 0) is 12.3 Å². The quantitative estimate of drug-likeness (QED) is 0.606. The molecule has 0 saturated carbocycles. The fourth-order valence-electron chi connectivity index (χ4n) is 1.05. The Morgan fingerprint density at radius 1 is 1.73 bits per heavy atom. The lowest BCUT2D eigenvalue weighted by Gasteiger charge is -2.19. The highest BCUT2D eigenvalue weighted by atomic mass is 16.2. The molecule has 1 atom stereocenters. The molecule has 0 radical (unpaired) electrons. The van der Waals surface area contributed by atoms with Crippen molar-refractivity contribution in [1.82, 2.24) is 10.7 Å². The number of nitrogens with one attached hydrogen (secondary N) is 2. The van der Waals surface area contributed by atoms with Crippen molar-refractivity contribution < 1.29 is 4.79 Å². The Labute approximate surface area is 66.0 Å². The third kappa shape index (κ3) is 2.57. The molecule has 0 aliphatic carbocycles. The van der Waals surface area contributed by atoms with Crippen molar-refractivity contribution in [2.45, 2.75) is 26.3 Å². The molecular weight excluding hydrogens is 142 g/mol. The van der Waals surface area contributed by atoms with Crippen molar-refractivity contribution in [2.75, 3.05) is 0 Å². The lowest BCUT2D eigenvalue weighted by molar-refractivity contribution is 0.237. The predicted molar refractivity (Wildman–Crippen MR) is 43.4 cm³/mol. The topological polar surface area (TPSA) is 53.5 Å². The van der Waals surface area contributed by atoms with Gasteiger partial charge in [0.1, 0.15) is 0 Å². The van der Waals surface area contributed by atoms with Crippen LogP contribution < -0.4 is 10.7 Å². The van der Waals surface area contributed by atoms with Gasteiger partial charge in [0, 0.05) is 6.21 Å². The van der Waals surface area contributed by atoms with Crippen LogP contribution in [-0.4, -0.2) is 18.3 Å². The van der Waals surface area contributed by atoms with Gasteiger partial charge in [-0.1, -0.05) is 13.8 Å². The number of amides is 2. The fourth-order valence-corrected chi connectivity index (χ4v) is 1.05. The van der Waals surface area contributed by atoms with Crippen LogP contribution in [0.15, 0.2) is 5.10 Å². The lowest BCUT2D eigenvalue weighted by Crippen LogP contribution is -2.45. The van der Waals surface area contributed by atoms with E-state index in [-0.39, 0.29) is 12.1 Å². The van der Waals surface area contributed by atoms with E-state index in [1.165, 1.54) is 0 Å². The van der Waals surface area contributed by atoms with Crippen molar-refractivity contribution in [3.63, 3.8) is 0 Å². The molecule has 4 nitrogen and oxygen atoms in total. The zero-order chi connectivity index (χ0) is 8.27. The molecule has 2 N–H and O–H groups in total. The van der Waals surface area contributed by atoms with Crippen LogP contribution in [0.1, 0.15) is 20.3 Å². The monoisotopic (exact) mass is 155 g/mol. The van der Waals surface area contributed by atoms with E-state index in [4.69, 9.17) is 0 Å². The molecule has 62 valence electrons. The minimum absolute atomic E-state index is 0.101. The van der Waals surface area contributed by atoms with Gasteiger partial charge in [0.2, 0.25) is 0 Å². The van der Waals surface area contributed by atoms with Crippen LogP contribution >= 0.6 is 0 Å². The molecule has 0 spiro atoms. The molecule has 1 aliphatic heterocycles. The van der Waals surface area contributed by atoms with Gasteiger partial charge in [-0.25, -0.2) is 10.2 Å². The SMILES string of the molecule is CC(C)CC1C=NNC(=O)N1. The third-order valence-electron chi connectivity index (χ3n) is 1.46. The Kier molecular flexibility index (Phi) is 2.46. The highest BCUT2D eigenvalue weighted by Gasteiger charge is 2.14. The van der Waals surface area contributed by atoms with E-state index in [0.717, 1.165) is 6.42 Å². The maximum absolute atomic E-state index is 10.7. The fraction of sp³-hybridized carbons (Fsp3) is 0.714. The van der Waals surface area contributed by atoms with Gasteiger partial charge in [-0.3, -0.25) is 0 Å². The van der Waals surface area contributed by atoms with Gasteiger partial charge in [0.25, 0.3) is 0 Å². The maximum atomic E-state index is 10.7. The molecular formula is C7H13N3O. The summed E-state index contributed by atoms with van der Waals surface area (Å²) in [4.78, 5) is 10.7. The van der Waals surface area contributed by atoms with Crippen molar-refractivity contribution in [1.29, 1.82) is 0 Å². The van der Waals surface area contributed by atoms with Crippen molar-refractivity contribution in [3.05, 3.63) is 0 Å². The zero-order valence-electron chi connectivity index (χ0n) is 6.79. The van der Waals surface area contributed by atoms with E-state index >= 15 is 0 Å². The Balaban J connectivity index is 2.40. The Hall–Kier alpha value is -1.06. The van der Waals surface area contributed by atoms with Gasteiger partial charge in [-0.2, -0.15) is 5.10 Å². The number of hydrogen-bond donors (Lipinski definition) is 2. The molecule has 0 aromatic rings. The van der Waals surface area contributed by atoms with Crippen molar-refractivity contribution >= 4 is 12.2 Å². The molecule has 1 unspecified atom stereocenters. The van der Waals surface area contributed by atoms with Crippen LogP contribution in [0.25, 0.3) is 0 Å². The second-order valence-corrected chi connectivity index (χ2v) is 3.10. The van der Waals surface area contributed by atoms with Crippen LogP contribution in [-0.2, 0) is 0 Å². The first-order valence-electron chi connectivity index (χ1n) is 3.78. The number of rotatable bonds is 2. The van der Waals surface area contributed by atoms with Crippen LogP contribution in [0, 0.1) is 5.92 Å². The number of nitrogens with zero attached hydrogens (tertiary/aromatic N) is 1. The number of hydrazone groups is 1. The summed E-state index contributed by atoms with van der Waals surface area (Å²) in [5, 5.41) is 6.45. The van der Waals surface area contributed by atoms with Gasteiger partial charge < -0.3 is 5.32 Å². The van der Waals surface area contributed by atoms with Crippen molar-refractivity contribution in [2.24, 2.45) is 11.0 Å². The molecule has 11 heavy (non-hydrogen) atoms. The molecule has 2 amide bonds. The van der Waals surface area contributed by atoms with Crippen LogP contribution in [0.5, 0.6) is 0 Å². The number of carbonyl (C=O) groups excluding carboxylic acids is 1. The molecule has 0 fully saturated rings. The van der Waals surface area contributed by atoms with E-state index in [1.54, 1.807) is 6.21 Å². The first kappa shape index (κ1) is 8.04. The van der Waals surface area contributed by atoms with Gasteiger partial charge in [0.05, 0.1) is 6.04 Å². The smallest absolute Gasteiger partial charge is 0.329 e. The Bertz CT molecular complexity index is 177. The average molecular weight is 155 g/mol. The molecule has 1 heterocycles. The summed E-state index contributed by atoms with van der Waals surface area (Å²) in [6.07, 6.45) is 2.66. The second-order valence-electron chi connectivity index (χ2n) is 3.10.